The highest BCUT2D eigenvalue weighted by molar-refractivity contribution is 5.79. The molecule has 1 aromatic carbocycles. The number of nitrogens with one attached hydrogen (secondary N) is 1. The summed E-state index contributed by atoms with van der Waals surface area (Å²) >= 11 is 0. The summed E-state index contributed by atoms with van der Waals surface area (Å²) in [5.41, 5.74) is 0.0193. The van der Waals surface area contributed by atoms with Gasteiger partial charge in [0.1, 0.15) is 11.6 Å². The number of hydrogen-bond donors (Lipinski definition) is 1. The van der Waals surface area contributed by atoms with Crippen LogP contribution in [0, 0.1) is 11.6 Å². The Morgan fingerprint density at radius 2 is 1.93 bits per heavy atom. The van der Waals surface area contributed by atoms with Gasteiger partial charge in [-0.15, -0.1) is 0 Å². The average Bonchev–Trinajstić information content (AvgIpc) is 2.51. The van der Waals surface area contributed by atoms with Crippen molar-refractivity contribution in [2.75, 3.05) is 6.54 Å². The first-order valence-electron chi connectivity index (χ1n) is 4.39. The zero-order chi connectivity index (χ0) is 10.1. The molecule has 0 spiro atoms. The highest BCUT2D eigenvalue weighted by Gasteiger charge is 2.27. The standard InChI is InChI=1S/C10H9F2NO/c11-7-2-1-3-8(12)10(7)6-4-9(14)13-5-6/h1-3,6H,4-5H2,(H,13,14). The van der Waals surface area contributed by atoms with Crippen LogP contribution in [0.4, 0.5) is 8.78 Å². The molecule has 1 saturated heterocycles. The second-order valence-corrected chi connectivity index (χ2v) is 3.34. The van der Waals surface area contributed by atoms with Gasteiger partial charge in [-0.3, -0.25) is 4.79 Å². The van der Waals surface area contributed by atoms with Crippen molar-refractivity contribution in [3.63, 3.8) is 0 Å². The lowest BCUT2D eigenvalue weighted by atomic mass is 9.97. The van der Waals surface area contributed by atoms with Crippen LogP contribution in [0.5, 0.6) is 0 Å². The van der Waals surface area contributed by atoms with Crippen molar-refractivity contribution in [1.82, 2.24) is 5.32 Å². The lowest BCUT2D eigenvalue weighted by Crippen LogP contribution is -2.14. The lowest BCUT2D eigenvalue weighted by Gasteiger charge is -2.09. The minimum absolute atomic E-state index is 0.0193. The molecule has 0 aliphatic carbocycles. The second-order valence-electron chi connectivity index (χ2n) is 3.34. The van der Waals surface area contributed by atoms with Gasteiger partial charge in [-0.25, -0.2) is 8.78 Å². The van der Waals surface area contributed by atoms with Gasteiger partial charge < -0.3 is 5.32 Å². The molecule has 4 heteroatoms. The summed E-state index contributed by atoms with van der Waals surface area (Å²) in [4.78, 5) is 10.9. The number of carbonyl (C=O) groups is 1. The van der Waals surface area contributed by atoms with Crippen LogP contribution in [0.25, 0.3) is 0 Å². The van der Waals surface area contributed by atoms with E-state index in [4.69, 9.17) is 0 Å². The van der Waals surface area contributed by atoms with Crippen LogP contribution in [0.2, 0.25) is 0 Å². The summed E-state index contributed by atoms with van der Waals surface area (Å²) in [5.74, 6) is -1.68. The predicted octanol–water partition coefficient (Wildman–Crippen LogP) is 1.57. The molecule has 2 rings (SSSR count). The van der Waals surface area contributed by atoms with E-state index >= 15 is 0 Å². The Morgan fingerprint density at radius 1 is 1.29 bits per heavy atom. The monoisotopic (exact) mass is 197 g/mol. The molecule has 0 saturated carbocycles. The zero-order valence-corrected chi connectivity index (χ0v) is 7.39. The quantitative estimate of drug-likeness (QED) is 0.727. The van der Waals surface area contributed by atoms with Crippen LogP contribution in [0.1, 0.15) is 17.9 Å². The van der Waals surface area contributed by atoms with Gasteiger partial charge in [0, 0.05) is 24.4 Å². The Balaban J connectivity index is 2.36. The van der Waals surface area contributed by atoms with Gasteiger partial charge in [-0.2, -0.15) is 0 Å². The number of halogens is 2. The van der Waals surface area contributed by atoms with Crippen molar-refractivity contribution in [1.29, 1.82) is 0 Å². The van der Waals surface area contributed by atoms with E-state index in [-0.39, 0.29) is 23.8 Å². The van der Waals surface area contributed by atoms with Gasteiger partial charge in [-0.05, 0) is 12.1 Å². The summed E-state index contributed by atoms with van der Waals surface area (Å²) in [6.07, 6.45) is 0.165. The fraction of sp³-hybridized carbons (Fsp3) is 0.300. The van der Waals surface area contributed by atoms with Crippen LogP contribution in [0.15, 0.2) is 18.2 Å². The molecular weight excluding hydrogens is 188 g/mol. The summed E-state index contributed by atoms with van der Waals surface area (Å²) in [6.45, 7) is 0.316. The Hall–Kier alpha value is -1.45. The second kappa shape index (κ2) is 3.36. The molecule has 1 amide bonds. The molecule has 0 radical (unpaired) electrons. The van der Waals surface area contributed by atoms with Crippen LogP contribution in [0.3, 0.4) is 0 Å². The van der Waals surface area contributed by atoms with Crippen molar-refractivity contribution < 1.29 is 13.6 Å². The van der Waals surface area contributed by atoms with E-state index in [0.29, 0.717) is 6.54 Å². The van der Waals surface area contributed by atoms with E-state index in [2.05, 4.69) is 5.32 Å². The smallest absolute Gasteiger partial charge is 0.220 e. The highest BCUT2D eigenvalue weighted by Crippen LogP contribution is 2.27. The van der Waals surface area contributed by atoms with Crippen LogP contribution in [-0.2, 0) is 4.79 Å². The van der Waals surface area contributed by atoms with Crippen LogP contribution in [-0.4, -0.2) is 12.5 Å². The largest absolute Gasteiger partial charge is 0.355 e. The molecule has 1 aliphatic heterocycles. The van der Waals surface area contributed by atoms with Crippen LogP contribution < -0.4 is 5.32 Å². The summed E-state index contributed by atoms with van der Waals surface area (Å²) in [6, 6.07) is 3.74. The first-order valence-corrected chi connectivity index (χ1v) is 4.39. The Kier molecular flexibility index (Phi) is 2.19. The zero-order valence-electron chi connectivity index (χ0n) is 7.39. The molecule has 1 N–H and O–H groups in total. The van der Waals surface area contributed by atoms with Crippen LogP contribution >= 0.6 is 0 Å². The van der Waals surface area contributed by atoms with E-state index in [0.717, 1.165) is 0 Å². The predicted molar refractivity (Wildman–Crippen MR) is 46.7 cm³/mol. The van der Waals surface area contributed by atoms with E-state index in [1.807, 2.05) is 0 Å². The molecule has 1 heterocycles. The van der Waals surface area contributed by atoms with Gasteiger partial charge in [0.15, 0.2) is 0 Å². The van der Waals surface area contributed by atoms with Crippen molar-refractivity contribution in [3.05, 3.63) is 35.4 Å². The number of amides is 1. The molecule has 0 aromatic heterocycles. The molecule has 1 fully saturated rings. The maximum absolute atomic E-state index is 13.3. The van der Waals surface area contributed by atoms with Gasteiger partial charge in [0.2, 0.25) is 5.91 Å². The number of rotatable bonds is 1. The minimum atomic E-state index is -0.577. The summed E-state index contributed by atoms with van der Waals surface area (Å²) in [7, 11) is 0. The minimum Gasteiger partial charge on any atom is -0.355 e. The van der Waals surface area contributed by atoms with E-state index < -0.39 is 11.6 Å². The Bertz CT molecular complexity index is 358. The molecule has 1 unspecified atom stereocenters. The maximum Gasteiger partial charge on any atom is 0.220 e. The molecule has 74 valence electrons. The van der Waals surface area contributed by atoms with Gasteiger partial charge in [0.05, 0.1) is 0 Å². The van der Waals surface area contributed by atoms with Gasteiger partial charge in [0.25, 0.3) is 0 Å². The summed E-state index contributed by atoms with van der Waals surface area (Å²) < 4.78 is 26.5. The average molecular weight is 197 g/mol. The number of carbonyl (C=O) groups excluding carboxylic acids is 1. The molecule has 2 nitrogen and oxygen atoms in total. The normalized spacial score (nSPS) is 21.0. The molecule has 14 heavy (non-hydrogen) atoms. The first kappa shape index (κ1) is 9.12. The number of hydrogen-bond acceptors (Lipinski definition) is 1. The van der Waals surface area contributed by atoms with Crippen molar-refractivity contribution in [2.24, 2.45) is 0 Å². The molecular formula is C10H9F2NO. The van der Waals surface area contributed by atoms with E-state index in [9.17, 15) is 13.6 Å². The number of benzene rings is 1. The van der Waals surface area contributed by atoms with Crippen molar-refractivity contribution >= 4 is 5.91 Å². The van der Waals surface area contributed by atoms with Gasteiger partial charge >= 0.3 is 0 Å². The lowest BCUT2D eigenvalue weighted by molar-refractivity contribution is -0.119. The Labute approximate surface area is 79.9 Å². The topological polar surface area (TPSA) is 29.1 Å². The van der Waals surface area contributed by atoms with Crippen molar-refractivity contribution in [2.45, 2.75) is 12.3 Å². The molecule has 1 aliphatic rings. The fourth-order valence-electron chi connectivity index (χ4n) is 1.71. The molecule has 1 aromatic rings. The van der Waals surface area contributed by atoms with E-state index in [1.54, 1.807) is 0 Å². The first-order chi connectivity index (χ1) is 6.68. The summed E-state index contributed by atoms with van der Waals surface area (Å²) in [5, 5.41) is 2.55. The SMILES string of the molecule is O=C1CC(c2c(F)cccc2F)CN1. The highest BCUT2D eigenvalue weighted by atomic mass is 19.1. The van der Waals surface area contributed by atoms with E-state index in [1.165, 1.54) is 18.2 Å². The van der Waals surface area contributed by atoms with Gasteiger partial charge in [-0.1, -0.05) is 6.07 Å². The third-order valence-electron chi connectivity index (χ3n) is 2.39. The molecule has 0 bridgehead atoms. The Morgan fingerprint density at radius 3 is 2.43 bits per heavy atom. The third kappa shape index (κ3) is 1.47. The van der Waals surface area contributed by atoms with Crippen molar-refractivity contribution in [3.8, 4) is 0 Å². The fourth-order valence-corrected chi connectivity index (χ4v) is 1.71. The molecule has 1 atom stereocenters. The maximum atomic E-state index is 13.3. The third-order valence-corrected chi connectivity index (χ3v) is 2.39.